The van der Waals surface area contributed by atoms with E-state index in [4.69, 9.17) is 16.3 Å². The first kappa shape index (κ1) is 22.2. The van der Waals surface area contributed by atoms with Gasteiger partial charge in [-0.05, 0) is 56.2 Å². The highest BCUT2D eigenvalue weighted by molar-refractivity contribution is 7.89. The van der Waals surface area contributed by atoms with Crippen LogP contribution in [0.25, 0.3) is 0 Å². The normalized spacial score (nSPS) is 11.3. The molecule has 2 aromatic rings. The zero-order valence-corrected chi connectivity index (χ0v) is 17.8. The minimum Gasteiger partial charge on any atom is -0.492 e. The molecule has 0 aromatic heterocycles. The van der Waals surface area contributed by atoms with E-state index in [1.807, 2.05) is 19.1 Å². The summed E-state index contributed by atoms with van der Waals surface area (Å²) in [5, 5.41) is 3.32. The Morgan fingerprint density at radius 2 is 1.64 bits per heavy atom. The van der Waals surface area contributed by atoms with Crippen LogP contribution in [0.4, 0.5) is 0 Å². The fourth-order valence-corrected chi connectivity index (χ4v) is 4.55. The monoisotopic (exact) mass is 424 g/mol. The van der Waals surface area contributed by atoms with Gasteiger partial charge in [-0.25, -0.2) is 13.1 Å². The molecule has 0 fully saturated rings. The zero-order valence-electron chi connectivity index (χ0n) is 16.2. The molecule has 0 radical (unpaired) electrons. The fraction of sp³-hybridized carbons (Fsp3) is 0.350. The van der Waals surface area contributed by atoms with E-state index in [1.165, 1.54) is 0 Å². The van der Waals surface area contributed by atoms with E-state index in [-0.39, 0.29) is 23.8 Å². The van der Waals surface area contributed by atoms with Crippen molar-refractivity contribution in [3.8, 4) is 5.75 Å². The molecule has 0 aliphatic heterocycles. The fourth-order valence-electron chi connectivity index (χ4n) is 2.94. The highest BCUT2D eigenvalue weighted by Crippen LogP contribution is 2.21. The van der Waals surface area contributed by atoms with Crippen molar-refractivity contribution in [1.82, 2.24) is 10.0 Å². The van der Waals surface area contributed by atoms with Gasteiger partial charge < -0.3 is 10.1 Å². The quantitative estimate of drug-likeness (QED) is 0.605. The summed E-state index contributed by atoms with van der Waals surface area (Å²) in [6, 6.07) is 10.6. The Balaban J connectivity index is 1.75. The lowest BCUT2D eigenvalue weighted by atomic mass is 10.1. The van der Waals surface area contributed by atoms with Crippen LogP contribution >= 0.6 is 11.6 Å². The molecule has 0 aliphatic carbocycles. The van der Waals surface area contributed by atoms with Crippen LogP contribution in [0.2, 0.25) is 5.02 Å². The predicted octanol–water partition coefficient (Wildman–Crippen LogP) is 3.13. The van der Waals surface area contributed by atoms with E-state index in [0.29, 0.717) is 35.1 Å². The molecular weight excluding hydrogens is 400 g/mol. The van der Waals surface area contributed by atoms with Crippen molar-refractivity contribution in [2.75, 3.05) is 19.7 Å². The first-order chi connectivity index (χ1) is 13.2. The number of carbonyl (C=O) groups excluding carboxylic acids is 1. The molecular formula is C20H25ClN2O4S. The van der Waals surface area contributed by atoms with Gasteiger partial charge >= 0.3 is 0 Å². The van der Waals surface area contributed by atoms with Crippen LogP contribution in [-0.4, -0.2) is 34.0 Å². The topological polar surface area (TPSA) is 84.5 Å². The summed E-state index contributed by atoms with van der Waals surface area (Å²) >= 11 is 5.80. The van der Waals surface area contributed by atoms with Crippen LogP contribution in [0, 0.1) is 20.8 Å². The third kappa shape index (κ3) is 6.51. The SMILES string of the molecule is Cc1cc(C)c(S(=O)(=O)NCCC(=O)NCCOc2ccc(Cl)cc2)c(C)c1. The first-order valence-electron chi connectivity index (χ1n) is 8.91. The number of sulfonamides is 1. The number of rotatable bonds is 9. The lowest BCUT2D eigenvalue weighted by Crippen LogP contribution is -2.33. The molecule has 152 valence electrons. The van der Waals surface area contributed by atoms with E-state index < -0.39 is 10.0 Å². The van der Waals surface area contributed by atoms with Crippen molar-refractivity contribution in [3.63, 3.8) is 0 Å². The molecule has 1 amide bonds. The zero-order chi connectivity index (χ0) is 20.7. The van der Waals surface area contributed by atoms with Gasteiger partial charge in [0, 0.05) is 18.0 Å². The maximum absolute atomic E-state index is 12.5. The average molecular weight is 425 g/mol. The standard InChI is InChI=1S/C20H25ClN2O4S/c1-14-12-15(2)20(16(3)13-14)28(25,26)23-9-8-19(24)22-10-11-27-18-6-4-17(21)5-7-18/h4-7,12-13,23H,8-11H2,1-3H3,(H,22,24). The molecule has 0 atom stereocenters. The summed E-state index contributed by atoms with van der Waals surface area (Å²) < 4.78 is 33.0. The Morgan fingerprint density at radius 3 is 2.25 bits per heavy atom. The number of nitrogens with one attached hydrogen (secondary N) is 2. The molecule has 28 heavy (non-hydrogen) atoms. The van der Waals surface area contributed by atoms with Crippen molar-refractivity contribution in [2.24, 2.45) is 0 Å². The average Bonchev–Trinajstić information content (AvgIpc) is 2.59. The molecule has 0 spiro atoms. The molecule has 0 heterocycles. The van der Waals surface area contributed by atoms with Gasteiger partial charge in [-0.1, -0.05) is 29.3 Å². The van der Waals surface area contributed by atoms with Crippen LogP contribution in [-0.2, 0) is 14.8 Å². The summed E-state index contributed by atoms with van der Waals surface area (Å²) in [6.45, 7) is 6.11. The first-order valence-corrected chi connectivity index (χ1v) is 10.8. The number of amides is 1. The van der Waals surface area contributed by atoms with Gasteiger partial charge in [0.15, 0.2) is 0 Å². The van der Waals surface area contributed by atoms with E-state index in [2.05, 4.69) is 10.0 Å². The van der Waals surface area contributed by atoms with Gasteiger partial charge in [0.2, 0.25) is 15.9 Å². The Labute approximate surface area is 171 Å². The third-order valence-corrected chi connectivity index (χ3v) is 6.04. The minimum absolute atomic E-state index is 0.0268. The predicted molar refractivity (Wildman–Crippen MR) is 110 cm³/mol. The Bertz CT molecular complexity index is 905. The molecule has 2 N–H and O–H groups in total. The molecule has 6 nitrogen and oxygen atoms in total. The summed E-state index contributed by atoms with van der Waals surface area (Å²) in [4.78, 5) is 12.2. The lowest BCUT2D eigenvalue weighted by molar-refractivity contribution is -0.121. The van der Waals surface area contributed by atoms with E-state index in [9.17, 15) is 13.2 Å². The molecule has 0 saturated carbocycles. The number of halogens is 1. The van der Waals surface area contributed by atoms with Crippen LogP contribution in [0.5, 0.6) is 5.75 Å². The second kappa shape index (κ2) is 9.91. The van der Waals surface area contributed by atoms with Crippen molar-refractivity contribution in [1.29, 1.82) is 0 Å². The lowest BCUT2D eigenvalue weighted by Gasteiger charge is -2.13. The van der Waals surface area contributed by atoms with Crippen molar-refractivity contribution >= 4 is 27.5 Å². The van der Waals surface area contributed by atoms with E-state index >= 15 is 0 Å². The van der Waals surface area contributed by atoms with Gasteiger partial charge in [0.05, 0.1) is 11.4 Å². The molecule has 0 saturated heterocycles. The van der Waals surface area contributed by atoms with Crippen molar-refractivity contribution in [3.05, 3.63) is 58.1 Å². The smallest absolute Gasteiger partial charge is 0.241 e. The van der Waals surface area contributed by atoms with E-state index in [0.717, 1.165) is 5.56 Å². The second-order valence-electron chi connectivity index (χ2n) is 6.53. The van der Waals surface area contributed by atoms with Crippen molar-refractivity contribution < 1.29 is 17.9 Å². The van der Waals surface area contributed by atoms with Gasteiger partial charge in [-0.15, -0.1) is 0 Å². The number of aryl methyl sites for hydroxylation is 3. The Hall–Kier alpha value is -2.09. The molecule has 0 bridgehead atoms. The largest absolute Gasteiger partial charge is 0.492 e. The second-order valence-corrected chi connectivity index (χ2v) is 8.67. The minimum atomic E-state index is -3.66. The van der Waals surface area contributed by atoms with Crippen LogP contribution < -0.4 is 14.8 Å². The number of hydrogen-bond acceptors (Lipinski definition) is 4. The van der Waals surface area contributed by atoms with Gasteiger partial charge in [0.25, 0.3) is 0 Å². The van der Waals surface area contributed by atoms with Crippen molar-refractivity contribution in [2.45, 2.75) is 32.1 Å². The Morgan fingerprint density at radius 1 is 1.04 bits per heavy atom. The maximum atomic E-state index is 12.5. The highest BCUT2D eigenvalue weighted by Gasteiger charge is 2.19. The summed E-state index contributed by atoms with van der Waals surface area (Å²) in [7, 11) is -3.66. The molecule has 0 aliphatic rings. The Kier molecular flexibility index (Phi) is 7.86. The summed E-state index contributed by atoms with van der Waals surface area (Å²) in [5.41, 5.74) is 2.39. The summed E-state index contributed by atoms with van der Waals surface area (Å²) in [6.07, 6.45) is 0.0458. The molecule has 8 heteroatoms. The van der Waals surface area contributed by atoms with E-state index in [1.54, 1.807) is 38.1 Å². The van der Waals surface area contributed by atoms with Crippen LogP contribution in [0.3, 0.4) is 0 Å². The number of benzene rings is 2. The third-order valence-electron chi connectivity index (χ3n) is 4.02. The molecule has 0 unspecified atom stereocenters. The molecule has 2 aromatic carbocycles. The summed E-state index contributed by atoms with van der Waals surface area (Å²) in [5.74, 6) is 0.412. The number of carbonyl (C=O) groups is 1. The highest BCUT2D eigenvalue weighted by atomic mass is 35.5. The van der Waals surface area contributed by atoms with Crippen LogP contribution in [0.15, 0.2) is 41.3 Å². The maximum Gasteiger partial charge on any atom is 0.241 e. The number of ether oxygens (including phenoxy) is 1. The van der Waals surface area contributed by atoms with Gasteiger partial charge in [0.1, 0.15) is 12.4 Å². The number of hydrogen-bond donors (Lipinski definition) is 2. The van der Waals surface area contributed by atoms with Gasteiger partial charge in [-0.2, -0.15) is 0 Å². The molecule has 2 rings (SSSR count). The van der Waals surface area contributed by atoms with Crippen LogP contribution in [0.1, 0.15) is 23.1 Å². The van der Waals surface area contributed by atoms with Gasteiger partial charge in [-0.3, -0.25) is 4.79 Å².